The fraction of sp³-hybridized carbons (Fsp3) is 0.583. The zero-order valence-electron chi connectivity index (χ0n) is 10.1. The van der Waals surface area contributed by atoms with Crippen molar-refractivity contribution in [2.75, 3.05) is 6.54 Å². The van der Waals surface area contributed by atoms with Gasteiger partial charge < -0.3 is 14.2 Å². The van der Waals surface area contributed by atoms with Crippen LogP contribution in [-0.2, 0) is 17.8 Å². The summed E-state index contributed by atoms with van der Waals surface area (Å²) in [5.41, 5.74) is 0.744. The van der Waals surface area contributed by atoms with Crippen LogP contribution in [0.2, 0.25) is 0 Å². The Labute approximate surface area is 95.8 Å². The van der Waals surface area contributed by atoms with Crippen LogP contribution in [-0.4, -0.2) is 27.7 Å². The summed E-state index contributed by atoms with van der Waals surface area (Å²) < 4.78 is 7.51. The van der Waals surface area contributed by atoms with Crippen molar-refractivity contribution in [2.45, 2.75) is 39.5 Å². The van der Waals surface area contributed by atoms with Gasteiger partial charge in [0.2, 0.25) is 0 Å². The topological polar surface area (TPSA) is 34.5 Å². The lowest BCUT2D eigenvalue weighted by atomic mass is 10.2. The summed E-state index contributed by atoms with van der Waals surface area (Å²) in [7, 11) is 0. The average molecular weight is 222 g/mol. The van der Waals surface area contributed by atoms with E-state index < -0.39 is 5.60 Å². The average Bonchev–Trinajstić information content (AvgIpc) is 2.61. The maximum absolute atomic E-state index is 11.8. The van der Waals surface area contributed by atoms with Crippen LogP contribution < -0.4 is 0 Å². The van der Waals surface area contributed by atoms with Gasteiger partial charge in [-0.3, -0.25) is 0 Å². The van der Waals surface area contributed by atoms with E-state index in [0.29, 0.717) is 6.54 Å². The van der Waals surface area contributed by atoms with Crippen LogP contribution in [0.1, 0.15) is 26.5 Å². The molecule has 16 heavy (non-hydrogen) atoms. The highest BCUT2D eigenvalue weighted by Crippen LogP contribution is 2.16. The number of hydrogen-bond donors (Lipinski definition) is 0. The number of nitrogens with zero attached hydrogens (tertiary/aromatic N) is 2. The molecule has 0 unspecified atom stereocenters. The summed E-state index contributed by atoms with van der Waals surface area (Å²) in [5, 5.41) is 0. The number of amides is 1. The van der Waals surface area contributed by atoms with Gasteiger partial charge in [0.05, 0.1) is 6.54 Å². The van der Waals surface area contributed by atoms with E-state index in [-0.39, 0.29) is 6.09 Å². The molecule has 0 spiro atoms. The van der Waals surface area contributed by atoms with Crippen molar-refractivity contribution in [3.05, 3.63) is 24.0 Å². The Morgan fingerprint density at radius 2 is 2.12 bits per heavy atom. The molecule has 1 aliphatic rings. The Morgan fingerprint density at radius 1 is 1.38 bits per heavy atom. The Kier molecular flexibility index (Phi) is 2.66. The van der Waals surface area contributed by atoms with E-state index in [1.54, 1.807) is 4.90 Å². The number of rotatable bonds is 0. The molecule has 0 saturated carbocycles. The van der Waals surface area contributed by atoms with Gasteiger partial charge in [0.1, 0.15) is 5.60 Å². The Morgan fingerprint density at radius 3 is 2.81 bits per heavy atom. The minimum absolute atomic E-state index is 0.222. The summed E-state index contributed by atoms with van der Waals surface area (Å²) in [6.45, 7) is 7.87. The van der Waals surface area contributed by atoms with Gasteiger partial charge in [-0.2, -0.15) is 0 Å². The summed E-state index contributed by atoms with van der Waals surface area (Å²) in [6, 6.07) is 4.05. The van der Waals surface area contributed by atoms with E-state index in [2.05, 4.69) is 4.57 Å². The molecule has 0 bridgehead atoms. The first kappa shape index (κ1) is 11.0. The summed E-state index contributed by atoms with van der Waals surface area (Å²) in [5.74, 6) is 0. The molecule has 0 saturated heterocycles. The summed E-state index contributed by atoms with van der Waals surface area (Å²) in [6.07, 6.45) is 1.82. The number of ether oxygens (including phenoxy) is 1. The van der Waals surface area contributed by atoms with Gasteiger partial charge in [-0.05, 0) is 32.9 Å². The summed E-state index contributed by atoms with van der Waals surface area (Å²) >= 11 is 0. The van der Waals surface area contributed by atoms with Crippen molar-refractivity contribution in [3.63, 3.8) is 0 Å². The Hall–Kier alpha value is -1.45. The molecule has 88 valence electrons. The van der Waals surface area contributed by atoms with E-state index in [1.807, 2.05) is 39.1 Å². The first-order valence-electron chi connectivity index (χ1n) is 5.58. The number of carbonyl (C=O) groups excluding carboxylic acids is 1. The quantitative estimate of drug-likeness (QED) is 0.674. The molecule has 4 heteroatoms. The number of aromatic nitrogens is 1. The number of hydrogen-bond acceptors (Lipinski definition) is 2. The highest BCUT2D eigenvalue weighted by atomic mass is 16.6. The first-order chi connectivity index (χ1) is 7.46. The second-order valence-electron chi connectivity index (χ2n) is 5.09. The molecule has 0 fully saturated rings. The standard InChI is InChI=1S/C12H18N2O2/c1-12(2,3)16-11(15)14-8-7-13-6-4-5-10(13)9-14/h4-6H,7-9H2,1-3H3. The molecule has 0 radical (unpaired) electrons. The zero-order valence-corrected chi connectivity index (χ0v) is 10.1. The van der Waals surface area contributed by atoms with Crippen LogP contribution in [0.5, 0.6) is 0 Å². The zero-order chi connectivity index (χ0) is 11.8. The molecule has 1 aromatic rings. The minimum Gasteiger partial charge on any atom is -0.444 e. The van der Waals surface area contributed by atoms with Crippen molar-refractivity contribution in [1.29, 1.82) is 0 Å². The highest BCUT2D eigenvalue weighted by molar-refractivity contribution is 5.68. The van der Waals surface area contributed by atoms with Gasteiger partial charge in [0.15, 0.2) is 0 Å². The van der Waals surface area contributed by atoms with Gasteiger partial charge >= 0.3 is 6.09 Å². The maximum Gasteiger partial charge on any atom is 0.410 e. The van der Waals surface area contributed by atoms with Crippen molar-refractivity contribution in [1.82, 2.24) is 9.47 Å². The maximum atomic E-state index is 11.8. The number of fused-ring (bicyclic) bond motifs is 1. The second-order valence-corrected chi connectivity index (χ2v) is 5.09. The lowest BCUT2D eigenvalue weighted by Gasteiger charge is -2.31. The predicted molar refractivity (Wildman–Crippen MR) is 61.1 cm³/mol. The molecule has 0 aromatic carbocycles. The van der Waals surface area contributed by atoms with E-state index in [0.717, 1.165) is 18.8 Å². The molecule has 1 aromatic heterocycles. The van der Waals surface area contributed by atoms with Crippen LogP contribution in [0.3, 0.4) is 0 Å². The highest BCUT2D eigenvalue weighted by Gasteiger charge is 2.25. The molecule has 2 rings (SSSR count). The van der Waals surface area contributed by atoms with E-state index in [9.17, 15) is 4.79 Å². The van der Waals surface area contributed by atoms with Crippen LogP contribution in [0.4, 0.5) is 4.79 Å². The van der Waals surface area contributed by atoms with E-state index >= 15 is 0 Å². The molecule has 1 amide bonds. The molecule has 1 aliphatic heterocycles. The molecule has 0 aliphatic carbocycles. The van der Waals surface area contributed by atoms with Crippen molar-refractivity contribution in [2.24, 2.45) is 0 Å². The van der Waals surface area contributed by atoms with Gasteiger partial charge in [-0.25, -0.2) is 4.79 Å². The molecular weight excluding hydrogens is 204 g/mol. The third-order valence-corrected chi connectivity index (χ3v) is 2.54. The molecule has 0 N–H and O–H groups in total. The fourth-order valence-corrected chi connectivity index (χ4v) is 1.80. The Bertz CT molecular complexity index is 390. The van der Waals surface area contributed by atoms with Crippen LogP contribution in [0.15, 0.2) is 18.3 Å². The van der Waals surface area contributed by atoms with Gasteiger partial charge in [-0.1, -0.05) is 0 Å². The SMILES string of the molecule is CC(C)(C)OC(=O)N1CCn2cccc2C1. The molecule has 4 nitrogen and oxygen atoms in total. The van der Waals surface area contributed by atoms with Gasteiger partial charge in [0.25, 0.3) is 0 Å². The third-order valence-electron chi connectivity index (χ3n) is 2.54. The predicted octanol–water partition coefficient (Wildman–Crippen LogP) is 2.24. The van der Waals surface area contributed by atoms with E-state index in [4.69, 9.17) is 4.74 Å². The fourth-order valence-electron chi connectivity index (χ4n) is 1.80. The molecular formula is C12H18N2O2. The number of carbonyl (C=O) groups is 1. The molecule has 2 heterocycles. The largest absolute Gasteiger partial charge is 0.444 e. The van der Waals surface area contributed by atoms with Crippen LogP contribution >= 0.6 is 0 Å². The lowest BCUT2D eigenvalue weighted by Crippen LogP contribution is -2.41. The van der Waals surface area contributed by atoms with Crippen LogP contribution in [0.25, 0.3) is 0 Å². The van der Waals surface area contributed by atoms with Gasteiger partial charge in [-0.15, -0.1) is 0 Å². The molecule has 0 atom stereocenters. The minimum atomic E-state index is -0.420. The normalized spacial score (nSPS) is 15.8. The Balaban J connectivity index is 2.01. The monoisotopic (exact) mass is 222 g/mol. The van der Waals surface area contributed by atoms with Crippen molar-refractivity contribution < 1.29 is 9.53 Å². The summed E-state index contributed by atoms with van der Waals surface area (Å²) in [4.78, 5) is 13.6. The van der Waals surface area contributed by atoms with Crippen molar-refractivity contribution in [3.8, 4) is 0 Å². The smallest absolute Gasteiger partial charge is 0.410 e. The van der Waals surface area contributed by atoms with E-state index in [1.165, 1.54) is 0 Å². The lowest BCUT2D eigenvalue weighted by molar-refractivity contribution is 0.0199. The third kappa shape index (κ3) is 2.38. The van der Waals surface area contributed by atoms with Crippen molar-refractivity contribution >= 4 is 6.09 Å². The second kappa shape index (κ2) is 3.85. The van der Waals surface area contributed by atoms with Crippen LogP contribution in [0, 0.1) is 0 Å². The van der Waals surface area contributed by atoms with Gasteiger partial charge in [0, 0.05) is 25.0 Å². The first-order valence-corrected chi connectivity index (χ1v) is 5.58.